The van der Waals surface area contributed by atoms with Crippen molar-refractivity contribution in [2.45, 2.75) is 6.92 Å². The number of nitrogens with one attached hydrogen (secondary N) is 1. The summed E-state index contributed by atoms with van der Waals surface area (Å²) in [6, 6.07) is 4.21. The van der Waals surface area contributed by atoms with Gasteiger partial charge in [0.05, 0.1) is 23.4 Å². The van der Waals surface area contributed by atoms with Crippen molar-refractivity contribution in [2.75, 3.05) is 17.6 Å². The lowest BCUT2D eigenvalue weighted by molar-refractivity contribution is 0.0526. The lowest BCUT2D eigenvalue weighted by Crippen LogP contribution is -2.10. The molecule has 1 aromatic carbocycles. The summed E-state index contributed by atoms with van der Waals surface area (Å²) in [7, 11) is -3.36. The monoisotopic (exact) mass is 277 g/mol. The van der Waals surface area contributed by atoms with Gasteiger partial charge in [-0.15, -0.1) is 0 Å². The summed E-state index contributed by atoms with van der Waals surface area (Å²) in [5, 5.41) is 0.136. The van der Waals surface area contributed by atoms with Crippen molar-refractivity contribution < 1.29 is 17.9 Å². The Morgan fingerprint density at radius 1 is 1.47 bits per heavy atom. The Morgan fingerprint density at radius 2 is 2.12 bits per heavy atom. The quantitative estimate of drug-likeness (QED) is 0.853. The third-order valence-electron chi connectivity index (χ3n) is 1.77. The van der Waals surface area contributed by atoms with Crippen LogP contribution in [-0.2, 0) is 14.8 Å². The smallest absolute Gasteiger partial charge is 0.339 e. The molecule has 0 spiro atoms. The van der Waals surface area contributed by atoms with Crippen molar-refractivity contribution in [3.63, 3.8) is 0 Å². The summed E-state index contributed by atoms with van der Waals surface area (Å²) in [5.74, 6) is -0.539. The number of hydrogen-bond donors (Lipinski definition) is 1. The minimum absolute atomic E-state index is 0.136. The molecule has 0 aliphatic heterocycles. The second kappa shape index (κ2) is 5.37. The molecule has 1 aromatic rings. The highest BCUT2D eigenvalue weighted by Crippen LogP contribution is 2.22. The first-order chi connectivity index (χ1) is 7.83. The van der Waals surface area contributed by atoms with Crippen molar-refractivity contribution in [1.82, 2.24) is 0 Å². The minimum Gasteiger partial charge on any atom is -0.462 e. The molecule has 94 valence electrons. The maximum atomic E-state index is 11.4. The molecule has 7 heteroatoms. The van der Waals surface area contributed by atoms with Crippen LogP contribution in [0.3, 0.4) is 0 Å². The van der Waals surface area contributed by atoms with E-state index in [9.17, 15) is 13.2 Å². The second-order valence-electron chi connectivity index (χ2n) is 3.29. The lowest BCUT2D eigenvalue weighted by atomic mass is 10.2. The van der Waals surface area contributed by atoms with Crippen molar-refractivity contribution in [3.8, 4) is 0 Å². The Morgan fingerprint density at radius 3 is 2.59 bits per heavy atom. The number of halogens is 1. The van der Waals surface area contributed by atoms with Crippen LogP contribution in [0.1, 0.15) is 17.3 Å². The van der Waals surface area contributed by atoms with Crippen LogP contribution in [-0.4, -0.2) is 27.2 Å². The van der Waals surface area contributed by atoms with Gasteiger partial charge in [0.15, 0.2) is 0 Å². The zero-order valence-corrected chi connectivity index (χ0v) is 10.9. The highest BCUT2D eigenvalue weighted by Gasteiger charge is 2.12. The SMILES string of the molecule is CCOC(=O)c1ccc(NS(C)(=O)=O)cc1Cl. The fourth-order valence-corrected chi connectivity index (χ4v) is 1.98. The topological polar surface area (TPSA) is 72.5 Å². The normalized spacial score (nSPS) is 11.0. The van der Waals surface area contributed by atoms with Crippen LogP contribution in [0.5, 0.6) is 0 Å². The predicted molar refractivity (Wildman–Crippen MR) is 65.9 cm³/mol. The summed E-state index contributed by atoms with van der Waals surface area (Å²) < 4.78 is 29.0. The maximum Gasteiger partial charge on any atom is 0.339 e. The fraction of sp³-hybridized carbons (Fsp3) is 0.300. The molecule has 0 amide bonds. The second-order valence-corrected chi connectivity index (χ2v) is 5.44. The highest BCUT2D eigenvalue weighted by atomic mass is 35.5. The molecule has 0 fully saturated rings. The van der Waals surface area contributed by atoms with Gasteiger partial charge >= 0.3 is 5.97 Å². The van der Waals surface area contributed by atoms with Crippen LogP contribution < -0.4 is 4.72 Å². The average Bonchev–Trinajstić information content (AvgIpc) is 2.15. The van der Waals surface area contributed by atoms with E-state index < -0.39 is 16.0 Å². The Labute approximate surface area is 105 Å². The molecular formula is C10H12ClNO4S. The number of sulfonamides is 1. The van der Waals surface area contributed by atoms with E-state index >= 15 is 0 Å². The Hall–Kier alpha value is -1.27. The standard InChI is InChI=1S/C10H12ClNO4S/c1-3-16-10(13)8-5-4-7(6-9(8)11)12-17(2,14)15/h4-6,12H,3H2,1-2H3. The molecule has 0 aliphatic carbocycles. The summed E-state index contributed by atoms with van der Waals surface area (Å²) in [5.41, 5.74) is 0.498. The van der Waals surface area contributed by atoms with Gasteiger partial charge in [0.2, 0.25) is 10.0 Å². The molecule has 0 heterocycles. The van der Waals surface area contributed by atoms with Crippen molar-refractivity contribution in [1.29, 1.82) is 0 Å². The number of anilines is 1. The van der Waals surface area contributed by atoms with Crippen LogP contribution in [0.15, 0.2) is 18.2 Å². The fourth-order valence-electron chi connectivity index (χ4n) is 1.17. The van der Waals surface area contributed by atoms with E-state index in [-0.39, 0.29) is 17.2 Å². The van der Waals surface area contributed by atoms with E-state index in [4.69, 9.17) is 16.3 Å². The number of hydrogen-bond acceptors (Lipinski definition) is 4. The largest absolute Gasteiger partial charge is 0.462 e. The Kier molecular flexibility index (Phi) is 4.36. The van der Waals surface area contributed by atoms with Crippen LogP contribution in [0, 0.1) is 0 Å². The van der Waals surface area contributed by atoms with E-state index in [2.05, 4.69) is 4.72 Å². The molecule has 0 unspecified atom stereocenters. The predicted octanol–water partition coefficient (Wildman–Crippen LogP) is 1.89. The van der Waals surface area contributed by atoms with Crippen LogP contribution in [0.25, 0.3) is 0 Å². The maximum absolute atomic E-state index is 11.4. The number of carbonyl (C=O) groups excluding carboxylic acids is 1. The average molecular weight is 278 g/mol. The Bertz CT molecular complexity index is 527. The molecule has 0 aliphatic rings. The van der Waals surface area contributed by atoms with Crippen LogP contribution in [0.4, 0.5) is 5.69 Å². The van der Waals surface area contributed by atoms with Crippen molar-refractivity contribution >= 4 is 33.3 Å². The van der Waals surface area contributed by atoms with Gasteiger partial charge in [-0.05, 0) is 25.1 Å². The molecule has 0 radical (unpaired) electrons. The first-order valence-corrected chi connectivity index (χ1v) is 7.05. The van der Waals surface area contributed by atoms with Gasteiger partial charge in [-0.3, -0.25) is 4.72 Å². The van der Waals surface area contributed by atoms with Crippen LogP contribution >= 0.6 is 11.6 Å². The first-order valence-electron chi connectivity index (χ1n) is 4.78. The lowest BCUT2D eigenvalue weighted by Gasteiger charge is -2.07. The third kappa shape index (κ3) is 4.24. The molecule has 1 N–H and O–H groups in total. The van der Waals surface area contributed by atoms with E-state index in [0.29, 0.717) is 5.69 Å². The number of rotatable bonds is 4. The molecule has 0 aromatic heterocycles. The van der Waals surface area contributed by atoms with E-state index in [0.717, 1.165) is 6.26 Å². The van der Waals surface area contributed by atoms with Crippen molar-refractivity contribution in [3.05, 3.63) is 28.8 Å². The van der Waals surface area contributed by atoms with E-state index in [1.165, 1.54) is 18.2 Å². The van der Waals surface area contributed by atoms with Gasteiger partial charge in [0, 0.05) is 5.69 Å². The molecule has 17 heavy (non-hydrogen) atoms. The molecule has 1 rings (SSSR count). The third-order valence-corrected chi connectivity index (χ3v) is 2.69. The van der Waals surface area contributed by atoms with Crippen LogP contribution in [0.2, 0.25) is 5.02 Å². The highest BCUT2D eigenvalue weighted by molar-refractivity contribution is 7.92. The summed E-state index contributed by atoms with van der Waals surface area (Å²) >= 11 is 5.85. The molecular weight excluding hydrogens is 266 g/mol. The van der Waals surface area contributed by atoms with Gasteiger partial charge in [-0.2, -0.15) is 0 Å². The summed E-state index contributed by atoms with van der Waals surface area (Å²) in [4.78, 5) is 11.4. The van der Waals surface area contributed by atoms with Gasteiger partial charge < -0.3 is 4.74 Å². The van der Waals surface area contributed by atoms with Gasteiger partial charge in [-0.1, -0.05) is 11.6 Å². The zero-order chi connectivity index (χ0) is 13.1. The minimum atomic E-state index is -3.36. The Balaban J connectivity index is 2.98. The van der Waals surface area contributed by atoms with Crippen molar-refractivity contribution in [2.24, 2.45) is 0 Å². The number of esters is 1. The van der Waals surface area contributed by atoms with E-state index in [1.807, 2.05) is 0 Å². The van der Waals surface area contributed by atoms with Gasteiger partial charge in [0.1, 0.15) is 0 Å². The number of carbonyl (C=O) groups is 1. The molecule has 0 saturated heterocycles. The molecule has 0 saturated carbocycles. The number of benzene rings is 1. The molecule has 5 nitrogen and oxygen atoms in total. The number of ether oxygens (including phenoxy) is 1. The molecule has 0 atom stereocenters. The summed E-state index contributed by atoms with van der Waals surface area (Å²) in [6.07, 6.45) is 1.03. The summed E-state index contributed by atoms with van der Waals surface area (Å²) in [6.45, 7) is 1.93. The van der Waals surface area contributed by atoms with Gasteiger partial charge in [-0.25, -0.2) is 13.2 Å². The zero-order valence-electron chi connectivity index (χ0n) is 9.36. The van der Waals surface area contributed by atoms with E-state index in [1.54, 1.807) is 6.92 Å². The van der Waals surface area contributed by atoms with Gasteiger partial charge in [0.25, 0.3) is 0 Å². The first kappa shape index (κ1) is 13.8. The molecule has 0 bridgehead atoms.